The summed E-state index contributed by atoms with van der Waals surface area (Å²) in [6.45, 7) is 4.58. The molecule has 0 spiro atoms. The molecule has 0 fully saturated rings. The van der Waals surface area contributed by atoms with Crippen LogP contribution in [-0.2, 0) is 27.2 Å². The maximum Gasteiger partial charge on any atom is 1.00 e. The van der Waals surface area contributed by atoms with Crippen LogP contribution in [0.4, 0.5) is 0 Å². The topological polar surface area (TPSA) is 93.0 Å². The number of carbonyl (C=O) groups is 1. The molecule has 76 valence electrons. The smallest absolute Gasteiger partial charge is 0.547 e. The van der Waals surface area contributed by atoms with Gasteiger partial charge in [0.1, 0.15) is 0 Å². The standard InChI is InChI=1S/C3H7NO.C3H6O3.Ag/c1-3(2)4-5;1-2(4)3(5)6;/h5H,1-2H3;2,4H,1H3,(H,5,6);/q;;+1/p-1. The Labute approximate surface area is 86.6 Å². The van der Waals surface area contributed by atoms with Crippen LogP contribution in [-0.4, -0.2) is 28.1 Å². The van der Waals surface area contributed by atoms with Gasteiger partial charge in [0.25, 0.3) is 0 Å². The van der Waals surface area contributed by atoms with Crippen molar-refractivity contribution in [3.63, 3.8) is 0 Å². The van der Waals surface area contributed by atoms with Gasteiger partial charge in [-0.15, -0.1) is 0 Å². The first-order valence-corrected chi connectivity index (χ1v) is 2.96. The Hall–Kier alpha value is -0.360. The maximum absolute atomic E-state index is 9.34. The molecule has 0 rings (SSSR count). The van der Waals surface area contributed by atoms with Crippen molar-refractivity contribution in [1.29, 1.82) is 0 Å². The normalized spacial score (nSPS) is 9.67. The summed E-state index contributed by atoms with van der Waals surface area (Å²) in [6.07, 6.45) is -1.34. The molecule has 1 unspecified atom stereocenters. The Morgan fingerprint density at radius 3 is 1.67 bits per heavy atom. The van der Waals surface area contributed by atoms with Crippen LogP contribution in [0.3, 0.4) is 0 Å². The van der Waals surface area contributed by atoms with E-state index in [-0.39, 0.29) is 22.4 Å². The van der Waals surface area contributed by atoms with Crippen molar-refractivity contribution in [2.75, 3.05) is 0 Å². The van der Waals surface area contributed by atoms with Gasteiger partial charge in [0.15, 0.2) is 0 Å². The number of nitrogens with zero attached hydrogens (tertiary/aromatic N) is 1. The molecule has 0 heterocycles. The minimum absolute atomic E-state index is 0. The third-order valence-corrected chi connectivity index (χ3v) is 0.541. The summed E-state index contributed by atoms with van der Waals surface area (Å²) >= 11 is 0. The Balaban J connectivity index is -0.000000126. The van der Waals surface area contributed by atoms with Gasteiger partial charge in [-0.1, -0.05) is 5.16 Å². The number of carboxylic acid groups (broad SMARTS) is 1. The van der Waals surface area contributed by atoms with E-state index in [2.05, 4.69) is 5.16 Å². The number of rotatable bonds is 1. The van der Waals surface area contributed by atoms with Crippen LogP contribution >= 0.6 is 0 Å². The molecule has 0 radical (unpaired) electrons. The number of carboxylic acids is 1. The van der Waals surface area contributed by atoms with Crippen LogP contribution in [0.2, 0.25) is 0 Å². The van der Waals surface area contributed by atoms with Crippen LogP contribution in [0.25, 0.3) is 0 Å². The largest absolute Gasteiger partial charge is 1.00 e. The van der Waals surface area contributed by atoms with Crippen molar-refractivity contribution in [2.45, 2.75) is 26.9 Å². The number of carbonyl (C=O) groups excluding carboxylic acids is 1. The van der Waals surface area contributed by atoms with Crippen molar-refractivity contribution in [2.24, 2.45) is 5.16 Å². The van der Waals surface area contributed by atoms with Gasteiger partial charge >= 0.3 is 22.4 Å². The van der Waals surface area contributed by atoms with Gasteiger partial charge in [-0.3, -0.25) is 0 Å². The van der Waals surface area contributed by atoms with E-state index in [0.717, 1.165) is 6.92 Å². The van der Waals surface area contributed by atoms with Crippen LogP contribution in [0, 0.1) is 0 Å². The fraction of sp³-hybridized carbons (Fsp3) is 0.667. The second-order valence-electron chi connectivity index (χ2n) is 2.04. The van der Waals surface area contributed by atoms with Gasteiger partial charge in [0.2, 0.25) is 0 Å². The van der Waals surface area contributed by atoms with Crippen LogP contribution in [0.15, 0.2) is 5.16 Å². The predicted molar refractivity (Wildman–Crippen MR) is 37.3 cm³/mol. The molecule has 2 N–H and O–H groups in total. The summed E-state index contributed by atoms with van der Waals surface area (Å²) in [4.78, 5) is 9.34. The molecule has 0 aliphatic carbocycles. The molecule has 0 aromatic carbocycles. The van der Waals surface area contributed by atoms with E-state index < -0.39 is 12.1 Å². The van der Waals surface area contributed by atoms with Crippen molar-refractivity contribution in [3.8, 4) is 0 Å². The van der Waals surface area contributed by atoms with Gasteiger partial charge in [0.05, 0.1) is 17.8 Å². The van der Waals surface area contributed by atoms with E-state index >= 15 is 0 Å². The van der Waals surface area contributed by atoms with Crippen molar-refractivity contribution >= 4 is 11.7 Å². The predicted octanol–water partition coefficient (Wildman–Crippen LogP) is -1.03. The average Bonchev–Trinajstić information content (AvgIpc) is 1.89. The number of aliphatic hydroxyl groups excluding tert-OH is 1. The first kappa shape index (κ1) is 17.7. The van der Waals surface area contributed by atoms with E-state index in [4.69, 9.17) is 10.3 Å². The summed E-state index contributed by atoms with van der Waals surface area (Å²) in [5.74, 6) is -1.44. The third-order valence-electron chi connectivity index (χ3n) is 0.541. The Bertz CT molecular complexity index is 142. The molecule has 0 saturated heterocycles. The number of aliphatic carboxylic acids is 1. The zero-order valence-electron chi connectivity index (χ0n) is 7.04. The fourth-order valence-corrected chi connectivity index (χ4v) is 0. The maximum atomic E-state index is 9.34. The Morgan fingerprint density at radius 2 is 1.67 bits per heavy atom. The monoisotopic (exact) mass is 269 g/mol. The molecule has 0 aliphatic rings. The quantitative estimate of drug-likeness (QED) is 0.276. The Morgan fingerprint density at radius 1 is 1.50 bits per heavy atom. The molecule has 0 amide bonds. The summed E-state index contributed by atoms with van der Waals surface area (Å²) in [5, 5.41) is 27.8. The first-order valence-electron chi connectivity index (χ1n) is 2.96. The zero-order valence-corrected chi connectivity index (χ0v) is 8.52. The summed E-state index contributed by atoms with van der Waals surface area (Å²) in [6, 6.07) is 0. The second kappa shape index (κ2) is 10.6. The van der Waals surface area contributed by atoms with Gasteiger partial charge in [0, 0.05) is 0 Å². The molecule has 0 aromatic heterocycles. The molecule has 0 aliphatic heterocycles. The minimum Gasteiger partial charge on any atom is -0.547 e. The molecule has 1 atom stereocenters. The molecule has 0 bridgehead atoms. The molecule has 5 nitrogen and oxygen atoms in total. The van der Waals surface area contributed by atoms with Crippen molar-refractivity contribution in [1.82, 2.24) is 0 Å². The molecular formula is C6H12AgNO4. The molecule has 0 saturated carbocycles. The van der Waals surface area contributed by atoms with E-state index in [1.54, 1.807) is 13.8 Å². The second-order valence-corrected chi connectivity index (χ2v) is 2.04. The first-order chi connectivity index (χ1) is 4.91. The average molecular weight is 270 g/mol. The van der Waals surface area contributed by atoms with E-state index in [1.807, 2.05) is 0 Å². The molecule has 6 heteroatoms. The summed E-state index contributed by atoms with van der Waals surface area (Å²) < 4.78 is 0. The molecule has 0 aromatic rings. The van der Waals surface area contributed by atoms with Crippen LogP contribution in [0.1, 0.15) is 20.8 Å². The summed E-state index contributed by atoms with van der Waals surface area (Å²) in [7, 11) is 0. The van der Waals surface area contributed by atoms with Gasteiger partial charge in [-0.25, -0.2) is 0 Å². The Kier molecular flexibility index (Phi) is 15.7. The third kappa shape index (κ3) is 22.6. The fourth-order valence-electron chi connectivity index (χ4n) is 0. The number of oxime groups is 1. The van der Waals surface area contributed by atoms with Crippen molar-refractivity contribution in [3.05, 3.63) is 0 Å². The van der Waals surface area contributed by atoms with Gasteiger partial charge in [-0.05, 0) is 20.8 Å². The van der Waals surface area contributed by atoms with E-state index in [0.29, 0.717) is 5.71 Å². The number of aliphatic hydroxyl groups is 1. The minimum atomic E-state index is -1.44. The van der Waals surface area contributed by atoms with Gasteiger partial charge < -0.3 is 20.2 Å². The van der Waals surface area contributed by atoms with E-state index in [1.165, 1.54) is 0 Å². The van der Waals surface area contributed by atoms with Crippen LogP contribution in [0.5, 0.6) is 0 Å². The van der Waals surface area contributed by atoms with E-state index in [9.17, 15) is 9.90 Å². The van der Waals surface area contributed by atoms with Crippen LogP contribution < -0.4 is 5.11 Å². The van der Waals surface area contributed by atoms with Crippen molar-refractivity contribution < 1.29 is 42.6 Å². The molecule has 12 heavy (non-hydrogen) atoms. The SMILES string of the molecule is CC(C)=NO.CC(O)C(=O)[O-].[Ag+]. The number of hydrogen-bond donors (Lipinski definition) is 2. The van der Waals surface area contributed by atoms with Gasteiger partial charge in [-0.2, -0.15) is 0 Å². The number of hydrogen-bond acceptors (Lipinski definition) is 5. The zero-order chi connectivity index (χ0) is 9.44. The summed E-state index contributed by atoms with van der Waals surface area (Å²) in [5.41, 5.74) is 0.685. The molecular weight excluding hydrogens is 258 g/mol.